The van der Waals surface area contributed by atoms with Crippen LogP contribution in [0, 0.1) is 6.92 Å². The molecular formula is C10H10Br2O. The number of benzene rings is 1. The molecule has 0 aromatic heterocycles. The molecule has 0 fully saturated rings. The molecule has 0 N–H and O–H groups in total. The largest absolute Gasteiger partial charge is 0.294 e. The van der Waals surface area contributed by atoms with Gasteiger partial charge in [0.2, 0.25) is 0 Å². The maximum absolute atomic E-state index is 11.6. The zero-order valence-electron chi connectivity index (χ0n) is 7.31. The Balaban J connectivity index is 2.99. The predicted molar refractivity (Wildman–Crippen MR) is 61.6 cm³/mol. The lowest BCUT2D eigenvalue weighted by molar-refractivity contribution is 0.0989. The van der Waals surface area contributed by atoms with E-state index in [1.54, 1.807) is 0 Å². The highest BCUT2D eigenvalue weighted by Gasteiger charge is 2.08. The van der Waals surface area contributed by atoms with Crippen LogP contribution in [0.3, 0.4) is 0 Å². The van der Waals surface area contributed by atoms with Crippen molar-refractivity contribution in [3.05, 3.63) is 33.8 Å². The first kappa shape index (κ1) is 10.9. The molecule has 1 nitrogen and oxygen atoms in total. The highest BCUT2D eigenvalue weighted by atomic mass is 79.9. The second-order valence-electron chi connectivity index (χ2n) is 2.85. The summed E-state index contributed by atoms with van der Waals surface area (Å²) in [4.78, 5) is 11.6. The number of carbonyl (C=O) groups excluding carboxylic acids is 1. The lowest BCUT2D eigenvalue weighted by atomic mass is 10.1. The van der Waals surface area contributed by atoms with E-state index in [-0.39, 0.29) is 5.78 Å². The molecule has 0 bridgehead atoms. The first-order valence-corrected chi connectivity index (χ1v) is 5.92. The van der Waals surface area contributed by atoms with Gasteiger partial charge in [-0.15, -0.1) is 0 Å². The third-order valence-electron chi connectivity index (χ3n) is 1.74. The van der Waals surface area contributed by atoms with Crippen molar-refractivity contribution >= 4 is 37.6 Å². The Morgan fingerprint density at radius 3 is 2.77 bits per heavy atom. The van der Waals surface area contributed by atoms with Crippen LogP contribution in [0.1, 0.15) is 22.3 Å². The van der Waals surface area contributed by atoms with Crippen LogP contribution in [0.4, 0.5) is 0 Å². The minimum atomic E-state index is 0.174. The van der Waals surface area contributed by atoms with Gasteiger partial charge in [-0.1, -0.05) is 43.5 Å². The molecule has 0 saturated heterocycles. The van der Waals surface area contributed by atoms with Gasteiger partial charge in [0.15, 0.2) is 5.78 Å². The predicted octanol–water partition coefficient (Wildman–Crippen LogP) is 3.73. The van der Waals surface area contributed by atoms with Crippen LogP contribution in [-0.2, 0) is 0 Å². The minimum Gasteiger partial charge on any atom is -0.294 e. The van der Waals surface area contributed by atoms with Gasteiger partial charge in [-0.25, -0.2) is 0 Å². The average Bonchev–Trinajstić information content (AvgIpc) is 2.09. The van der Waals surface area contributed by atoms with Crippen LogP contribution in [-0.4, -0.2) is 11.1 Å². The van der Waals surface area contributed by atoms with E-state index in [0.717, 1.165) is 15.6 Å². The average molecular weight is 306 g/mol. The lowest BCUT2D eigenvalue weighted by Crippen LogP contribution is -2.00. The fourth-order valence-corrected chi connectivity index (χ4v) is 1.90. The summed E-state index contributed by atoms with van der Waals surface area (Å²) >= 11 is 6.62. The van der Waals surface area contributed by atoms with Crippen LogP contribution >= 0.6 is 31.9 Å². The third kappa shape index (κ3) is 2.92. The molecule has 0 saturated carbocycles. The number of halogens is 2. The fourth-order valence-electron chi connectivity index (χ4n) is 1.07. The summed E-state index contributed by atoms with van der Waals surface area (Å²) in [5, 5.41) is 0.714. The van der Waals surface area contributed by atoms with Crippen molar-refractivity contribution in [2.75, 3.05) is 5.33 Å². The van der Waals surface area contributed by atoms with E-state index in [2.05, 4.69) is 31.9 Å². The van der Waals surface area contributed by atoms with Gasteiger partial charge in [0, 0.05) is 21.8 Å². The van der Waals surface area contributed by atoms with E-state index >= 15 is 0 Å². The van der Waals surface area contributed by atoms with Gasteiger partial charge in [0.25, 0.3) is 0 Å². The van der Waals surface area contributed by atoms with Crippen LogP contribution in [0.15, 0.2) is 22.7 Å². The zero-order chi connectivity index (χ0) is 9.84. The molecule has 0 unspecified atom stereocenters. The second kappa shape index (κ2) is 4.91. The van der Waals surface area contributed by atoms with Gasteiger partial charge >= 0.3 is 0 Å². The normalized spacial score (nSPS) is 10.1. The smallest absolute Gasteiger partial charge is 0.164 e. The number of ketones is 1. The molecule has 3 heteroatoms. The Kier molecular flexibility index (Phi) is 4.13. The Morgan fingerprint density at radius 2 is 2.15 bits per heavy atom. The van der Waals surface area contributed by atoms with Gasteiger partial charge < -0.3 is 0 Å². The maximum Gasteiger partial charge on any atom is 0.164 e. The van der Waals surface area contributed by atoms with Crippen LogP contribution in [0.2, 0.25) is 0 Å². The number of rotatable bonds is 3. The minimum absolute atomic E-state index is 0.174. The van der Waals surface area contributed by atoms with Gasteiger partial charge in [-0.2, -0.15) is 0 Å². The SMILES string of the molecule is Cc1ccc(Br)c(C(=O)CCBr)c1. The summed E-state index contributed by atoms with van der Waals surface area (Å²) in [5.74, 6) is 0.174. The molecule has 0 radical (unpaired) electrons. The lowest BCUT2D eigenvalue weighted by Gasteiger charge is -2.03. The molecule has 0 atom stereocenters. The Hall–Kier alpha value is -0.150. The maximum atomic E-state index is 11.6. The monoisotopic (exact) mass is 304 g/mol. The number of aryl methyl sites for hydroxylation is 1. The molecule has 70 valence electrons. The van der Waals surface area contributed by atoms with Gasteiger partial charge in [-0.3, -0.25) is 4.79 Å². The molecule has 1 aromatic rings. The quantitative estimate of drug-likeness (QED) is 0.614. The molecule has 1 aromatic carbocycles. The Labute approximate surface area is 94.8 Å². The van der Waals surface area contributed by atoms with Crippen molar-refractivity contribution in [2.45, 2.75) is 13.3 Å². The number of Topliss-reactive ketones (excluding diaryl/α,β-unsaturated/α-hetero) is 1. The molecule has 0 aliphatic heterocycles. The first-order chi connectivity index (χ1) is 6.15. The van der Waals surface area contributed by atoms with Crippen LogP contribution in [0.25, 0.3) is 0 Å². The molecule has 0 spiro atoms. The van der Waals surface area contributed by atoms with Crippen molar-refractivity contribution in [2.24, 2.45) is 0 Å². The zero-order valence-corrected chi connectivity index (χ0v) is 10.5. The summed E-state index contributed by atoms with van der Waals surface area (Å²) in [6.07, 6.45) is 0.544. The van der Waals surface area contributed by atoms with E-state index in [4.69, 9.17) is 0 Å². The van der Waals surface area contributed by atoms with Gasteiger partial charge in [0.1, 0.15) is 0 Å². The Morgan fingerprint density at radius 1 is 1.46 bits per heavy atom. The van der Waals surface area contributed by atoms with E-state index in [9.17, 15) is 4.79 Å². The van der Waals surface area contributed by atoms with E-state index in [0.29, 0.717) is 11.8 Å². The number of hydrogen-bond donors (Lipinski definition) is 0. The number of carbonyl (C=O) groups is 1. The molecular weight excluding hydrogens is 296 g/mol. The van der Waals surface area contributed by atoms with Gasteiger partial charge in [-0.05, 0) is 19.1 Å². The number of alkyl halides is 1. The molecule has 0 heterocycles. The van der Waals surface area contributed by atoms with Gasteiger partial charge in [0.05, 0.1) is 0 Å². The van der Waals surface area contributed by atoms with Crippen molar-refractivity contribution in [1.29, 1.82) is 0 Å². The van der Waals surface area contributed by atoms with Crippen molar-refractivity contribution in [1.82, 2.24) is 0 Å². The van der Waals surface area contributed by atoms with E-state index in [1.165, 1.54) is 0 Å². The van der Waals surface area contributed by atoms with Crippen LogP contribution in [0.5, 0.6) is 0 Å². The summed E-state index contributed by atoms with van der Waals surface area (Å²) in [7, 11) is 0. The second-order valence-corrected chi connectivity index (χ2v) is 4.49. The topological polar surface area (TPSA) is 17.1 Å². The summed E-state index contributed by atoms with van der Waals surface area (Å²) in [5.41, 5.74) is 1.89. The highest BCUT2D eigenvalue weighted by Crippen LogP contribution is 2.19. The third-order valence-corrected chi connectivity index (χ3v) is 2.83. The summed E-state index contributed by atoms with van der Waals surface area (Å²) < 4.78 is 0.879. The molecule has 1 rings (SSSR count). The fraction of sp³-hybridized carbons (Fsp3) is 0.300. The van der Waals surface area contributed by atoms with Crippen molar-refractivity contribution in [3.8, 4) is 0 Å². The standard InChI is InChI=1S/C10H10Br2O/c1-7-2-3-9(12)8(6-7)10(13)4-5-11/h2-3,6H,4-5H2,1H3. The first-order valence-electron chi connectivity index (χ1n) is 4.00. The number of hydrogen-bond acceptors (Lipinski definition) is 1. The highest BCUT2D eigenvalue weighted by molar-refractivity contribution is 9.10. The Bertz CT molecular complexity index is 321. The van der Waals surface area contributed by atoms with Crippen LogP contribution < -0.4 is 0 Å². The molecule has 0 aliphatic carbocycles. The summed E-state index contributed by atoms with van der Waals surface area (Å²) in [6, 6.07) is 5.81. The molecule has 13 heavy (non-hydrogen) atoms. The van der Waals surface area contributed by atoms with Crippen molar-refractivity contribution in [3.63, 3.8) is 0 Å². The molecule has 0 amide bonds. The van der Waals surface area contributed by atoms with Crippen molar-refractivity contribution < 1.29 is 4.79 Å². The summed E-state index contributed by atoms with van der Waals surface area (Å²) in [6.45, 7) is 1.98. The molecule has 0 aliphatic rings. The van der Waals surface area contributed by atoms with E-state index < -0.39 is 0 Å². The van der Waals surface area contributed by atoms with E-state index in [1.807, 2.05) is 25.1 Å².